The van der Waals surface area contributed by atoms with E-state index in [4.69, 9.17) is 0 Å². The van der Waals surface area contributed by atoms with E-state index < -0.39 is 29.7 Å². The number of likely N-dealkylation sites (tertiary alicyclic amines) is 1. The largest absolute Gasteiger partial charge is 0.391 e. The molecular formula is C33H41F2N3O4. The Morgan fingerprint density at radius 3 is 2.33 bits per heavy atom. The average Bonchev–Trinajstić information content (AvgIpc) is 3.50. The van der Waals surface area contributed by atoms with Crippen LogP contribution in [0, 0.1) is 18.6 Å². The van der Waals surface area contributed by atoms with Gasteiger partial charge >= 0.3 is 0 Å². The lowest BCUT2D eigenvalue weighted by Gasteiger charge is -2.27. The minimum atomic E-state index is -1.10. The number of benzene rings is 2. The number of amides is 3. The molecule has 42 heavy (non-hydrogen) atoms. The molecule has 0 fully saturated rings. The molecule has 4 rings (SSSR count). The summed E-state index contributed by atoms with van der Waals surface area (Å²) in [5.41, 5.74) is 3.87. The van der Waals surface area contributed by atoms with Crippen molar-refractivity contribution >= 4 is 17.7 Å². The Bertz CT molecular complexity index is 1330. The van der Waals surface area contributed by atoms with Crippen molar-refractivity contribution in [1.82, 2.24) is 15.1 Å². The molecule has 0 saturated carbocycles. The van der Waals surface area contributed by atoms with Crippen LogP contribution < -0.4 is 5.32 Å². The molecule has 2 aliphatic rings. The Balaban J connectivity index is 1.54. The predicted molar refractivity (Wildman–Crippen MR) is 157 cm³/mol. The number of allylic oxidation sites excluding steroid dienone is 1. The number of carbonyl (C=O) groups excluding carboxylic acids is 3. The molecule has 1 aliphatic heterocycles. The normalized spacial score (nSPS) is 16.0. The molecule has 1 heterocycles. The predicted octanol–water partition coefficient (Wildman–Crippen LogP) is 5.30. The van der Waals surface area contributed by atoms with Crippen molar-refractivity contribution in [1.29, 1.82) is 0 Å². The van der Waals surface area contributed by atoms with Gasteiger partial charge < -0.3 is 20.2 Å². The number of aryl methyl sites for hydroxylation is 1. The zero-order chi connectivity index (χ0) is 30.4. The summed E-state index contributed by atoms with van der Waals surface area (Å²) in [6.45, 7) is 7.32. The summed E-state index contributed by atoms with van der Waals surface area (Å²) in [4.78, 5) is 42.8. The number of nitrogens with one attached hydrogen (secondary N) is 1. The van der Waals surface area contributed by atoms with Gasteiger partial charge in [-0.15, -0.1) is 0 Å². The molecule has 2 atom stereocenters. The SMILES string of the molecule is CCCN(CCC)C(=O)c1cc(C)cc(C(=O)N[C@@H](Cc2cc(F)cc(F)c2)[C@H](O)CCN2C(=O)CC3=C2CCC3)c1. The zero-order valence-corrected chi connectivity index (χ0v) is 24.7. The second-order valence-electron chi connectivity index (χ2n) is 11.4. The van der Waals surface area contributed by atoms with E-state index in [-0.39, 0.29) is 42.3 Å². The third-order valence-electron chi connectivity index (χ3n) is 7.96. The first kappa shape index (κ1) is 31.3. The number of aliphatic hydroxyl groups is 1. The fraction of sp³-hybridized carbons (Fsp3) is 0.485. The Hall–Kier alpha value is -3.59. The van der Waals surface area contributed by atoms with Crippen molar-refractivity contribution < 1.29 is 28.3 Å². The van der Waals surface area contributed by atoms with Crippen LogP contribution in [0.25, 0.3) is 0 Å². The molecule has 7 nitrogen and oxygen atoms in total. The first-order valence-corrected chi connectivity index (χ1v) is 15.0. The summed E-state index contributed by atoms with van der Waals surface area (Å²) < 4.78 is 28.0. The topological polar surface area (TPSA) is 89.9 Å². The van der Waals surface area contributed by atoms with Gasteiger partial charge in [0.1, 0.15) is 11.6 Å². The van der Waals surface area contributed by atoms with E-state index in [9.17, 15) is 28.3 Å². The van der Waals surface area contributed by atoms with Gasteiger partial charge in [0.15, 0.2) is 0 Å². The standard InChI is InChI=1S/C33H41F2N3O4/c1-4-10-37(11-5-2)33(42)25-14-21(3)13-24(18-25)32(41)36-28(17-22-15-26(34)20-27(35)16-22)30(39)9-12-38-29-8-6-7-23(29)19-31(38)40/h13-16,18,20,28,30,39H,4-12,17,19H2,1-3H3,(H,36,41)/t28-,30+/m0/s1. The molecule has 0 aromatic heterocycles. The Kier molecular flexibility index (Phi) is 10.5. The van der Waals surface area contributed by atoms with Gasteiger partial charge in [0, 0.05) is 42.5 Å². The van der Waals surface area contributed by atoms with Crippen LogP contribution in [0.1, 0.15) is 90.6 Å². The number of halogens is 2. The molecule has 3 amide bonds. The molecule has 2 aromatic carbocycles. The summed E-state index contributed by atoms with van der Waals surface area (Å²) in [7, 11) is 0. The van der Waals surface area contributed by atoms with E-state index in [1.165, 1.54) is 12.1 Å². The molecule has 2 aromatic rings. The van der Waals surface area contributed by atoms with E-state index in [2.05, 4.69) is 5.32 Å². The van der Waals surface area contributed by atoms with Gasteiger partial charge in [0.05, 0.1) is 18.6 Å². The molecule has 0 spiro atoms. The van der Waals surface area contributed by atoms with Gasteiger partial charge in [-0.05, 0) is 98.9 Å². The number of carbonyl (C=O) groups is 3. The number of aliphatic hydroxyl groups excluding tert-OH is 1. The van der Waals surface area contributed by atoms with Crippen molar-refractivity contribution in [3.63, 3.8) is 0 Å². The summed E-state index contributed by atoms with van der Waals surface area (Å²) in [6.07, 6.45) is 3.84. The third kappa shape index (κ3) is 7.62. The minimum Gasteiger partial charge on any atom is -0.391 e. The average molecular weight is 582 g/mol. The molecule has 0 unspecified atom stereocenters. The Morgan fingerprint density at radius 1 is 1.00 bits per heavy atom. The molecule has 1 aliphatic carbocycles. The highest BCUT2D eigenvalue weighted by Crippen LogP contribution is 2.37. The lowest BCUT2D eigenvalue weighted by atomic mass is 9.97. The van der Waals surface area contributed by atoms with Crippen LogP contribution in [0.4, 0.5) is 8.78 Å². The fourth-order valence-corrected chi connectivity index (χ4v) is 6.05. The van der Waals surface area contributed by atoms with E-state index in [0.29, 0.717) is 25.1 Å². The molecular weight excluding hydrogens is 540 g/mol. The maximum Gasteiger partial charge on any atom is 0.253 e. The summed E-state index contributed by atoms with van der Waals surface area (Å²) in [5.74, 6) is -2.16. The molecule has 0 radical (unpaired) electrons. The van der Waals surface area contributed by atoms with Crippen molar-refractivity contribution in [2.24, 2.45) is 0 Å². The monoisotopic (exact) mass is 581 g/mol. The van der Waals surface area contributed by atoms with Crippen molar-refractivity contribution in [3.05, 3.63) is 81.6 Å². The highest BCUT2D eigenvalue weighted by atomic mass is 19.1. The maximum absolute atomic E-state index is 14.0. The summed E-state index contributed by atoms with van der Waals surface area (Å²) in [5, 5.41) is 14.1. The van der Waals surface area contributed by atoms with Gasteiger partial charge in [-0.25, -0.2) is 8.78 Å². The fourth-order valence-electron chi connectivity index (χ4n) is 6.05. The highest BCUT2D eigenvalue weighted by molar-refractivity contribution is 6.00. The van der Waals surface area contributed by atoms with Crippen LogP contribution >= 0.6 is 0 Å². The zero-order valence-electron chi connectivity index (χ0n) is 24.7. The number of hydrogen-bond acceptors (Lipinski definition) is 4. The second kappa shape index (κ2) is 14.1. The van der Waals surface area contributed by atoms with Crippen molar-refractivity contribution in [2.75, 3.05) is 19.6 Å². The van der Waals surface area contributed by atoms with Crippen LogP contribution in [-0.4, -0.2) is 64.4 Å². The Labute approximate surface area is 246 Å². The molecule has 2 N–H and O–H groups in total. The van der Waals surface area contributed by atoms with Crippen LogP contribution in [0.3, 0.4) is 0 Å². The molecule has 9 heteroatoms. The quantitative estimate of drug-likeness (QED) is 0.336. The van der Waals surface area contributed by atoms with Crippen molar-refractivity contribution in [2.45, 2.75) is 84.3 Å². The third-order valence-corrected chi connectivity index (χ3v) is 7.96. The highest BCUT2D eigenvalue weighted by Gasteiger charge is 2.33. The summed E-state index contributed by atoms with van der Waals surface area (Å²) >= 11 is 0. The van der Waals surface area contributed by atoms with Crippen LogP contribution in [-0.2, 0) is 11.2 Å². The molecule has 226 valence electrons. The molecule has 0 bridgehead atoms. The van der Waals surface area contributed by atoms with Gasteiger partial charge in [-0.1, -0.05) is 13.8 Å². The van der Waals surface area contributed by atoms with Crippen LogP contribution in [0.2, 0.25) is 0 Å². The number of rotatable bonds is 13. The van der Waals surface area contributed by atoms with E-state index in [1.54, 1.807) is 34.9 Å². The lowest BCUT2D eigenvalue weighted by Crippen LogP contribution is -2.46. The Morgan fingerprint density at radius 2 is 1.67 bits per heavy atom. The van der Waals surface area contributed by atoms with E-state index >= 15 is 0 Å². The van der Waals surface area contributed by atoms with E-state index in [1.807, 2.05) is 13.8 Å². The maximum atomic E-state index is 14.0. The van der Waals surface area contributed by atoms with Gasteiger partial charge in [-0.2, -0.15) is 0 Å². The summed E-state index contributed by atoms with van der Waals surface area (Å²) in [6, 6.07) is 7.18. The van der Waals surface area contributed by atoms with Crippen molar-refractivity contribution in [3.8, 4) is 0 Å². The minimum absolute atomic E-state index is 0.0110. The number of nitrogens with zero attached hydrogens (tertiary/aromatic N) is 2. The molecule has 0 saturated heterocycles. The first-order valence-electron chi connectivity index (χ1n) is 15.0. The smallest absolute Gasteiger partial charge is 0.253 e. The van der Waals surface area contributed by atoms with Gasteiger partial charge in [0.25, 0.3) is 11.8 Å². The first-order chi connectivity index (χ1) is 20.1. The van der Waals surface area contributed by atoms with Gasteiger partial charge in [0.2, 0.25) is 5.91 Å². The number of hydrogen-bond donors (Lipinski definition) is 2. The van der Waals surface area contributed by atoms with Crippen LogP contribution in [0.15, 0.2) is 47.7 Å². The van der Waals surface area contributed by atoms with Crippen LogP contribution in [0.5, 0.6) is 0 Å². The van der Waals surface area contributed by atoms with E-state index in [0.717, 1.165) is 55.0 Å². The van der Waals surface area contributed by atoms with Gasteiger partial charge in [-0.3, -0.25) is 14.4 Å². The lowest BCUT2D eigenvalue weighted by molar-refractivity contribution is -0.127. The second-order valence-corrected chi connectivity index (χ2v) is 11.4.